The van der Waals surface area contributed by atoms with Gasteiger partial charge in [-0.25, -0.2) is 15.0 Å². The van der Waals surface area contributed by atoms with Gasteiger partial charge >= 0.3 is 0 Å². The monoisotopic (exact) mass is 480 g/mol. The van der Waals surface area contributed by atoms with Crippen LogP contribution in [0.25, 0.3) is 28.2 Å². The molecule has 9 heteroatoms. The van der Waals surface area contributed by atoms with Crippen molar-refractivity contribution >= 4 is 11.5 Å². The van der Waals surface area contributed by atoms with Gasteiger partial charge in [0, 0.05) is 50.2 Å². The van der Waals surface area contributed by atoms with Gasteiger partial charge in [-0.1, -0.05) is 24.3 Å². The fourth-order valence-electron chi connectivity index (χ4n) is 4.31. The Kier molecular flexibility index (Phi) is 6.05. The Balaban J connectivity index is 1.11. The molecule has 0 saturated carbocycles. The zero-order valence-electron chi connectivity index (χ0n) is 20.2. The van der Waals surface area contributed by atoms with Crippen LogP contribution in [0.3, 0.4) is 0 Å². The van der Waals surface area contributed by atoms with Crippen LogP contribution in [0.2, 0.25) is 0 Å². The standard InChI is InChI=1S/C27H28N8O/c1-33-18-22(16-32-33)21-5-3-20(4-6-21)15-28-26-14-24(30-19-31-26)25-17-29-27-13-23(7-10-35(25)27)36-12-11-34-8-2-9-34/h3-7,10,13-14,16-19H,2,8-9,11-12,15H2,1H3,(H,28,30,31). The van der Waals surface area contributed by atoms with Crippen molar-refractivity contribution in [1.29, 1.82) is 0 Å². The minimum absolute atomic E-state index is 0.662. The molecule has 1 aliphatic rings. The summed E-state index contributed by atoms with van der Waals surface area (Å²) in [6.07, 6.45) is 10.6. The summed E-state index contributed by atoms with van der Waals surface area (Å²) < 4.78 is 9.76. The van der Waals surface area contributed by atoms with Crippen LogP contribution in [0.4, 0.5) is 5.82 Å². The molecule has 0 bridgehead atoms. The molecule has 0 amide bonds. The number of likely N-dealkylation sites (tertiary alicyclic amines) is 1. The second-order valence-electron chi connectivity index (χ2n) is 9.02. The molecule has 1 aromatic carbocycles. The molecular formula is C27H28N8O. The van der Waals surface area contributed by atoms with Gasteiger partial charge in [0.2, 0.25) is 0 Å². The maximum atomic E-state index is 5.93. The van der Waals surface area contributed by atoms with Crippen molar-refractivity contribution in [3.63, 3.8) is 0 Å². The Bertz CT molecular complexity index is 1470. The number of ether oxygens (including phenoxy) is 1. The highest BCUT2D eigenvalue weighted by atomic mass is 16.5. The smallest absolute Gasteiger partial charge is 0.140 e. The lowest BCUT2D eigenvalue weighted by Gasteiger charge is -2.30. The van der Waals surface area contributed by atoms with Crippen LogP contribution in [0, 0.1) is 0 Å². The predicted molar refractivity (Wildman–Crippen MR) is 139 cm³/mol. The molecule has 4 aromatic heterocycles. The zero-order chi connectivity index (χ0) is 24.3. The summed E-state index contributed by atoms with van der Waals surface area (Å²) in [5.41, 5.74) is 5.96. The number of anilines is 1. The highest BCUT2D eigenvalue weighted by Gasteiger charge is 2.13. The lowest BCUT2D eigenvalue weighted by atomic mass is 10.1. The normalized spacial score (nSPS) is 13.6. The zero-order valence-corrected chi connectivity index (χ0v) is 20.2. The quantitative estimate of drug-likeness (QED) is 0.343. The minimum atomic E-state index is 0.662. The van der Waals surface area contributed by atoms with Crippen LogP contribution < -0.4 is 10.1 Å². The van der Waals surface area contributed by atoms with E-state index in [2.05, 4.69) is 54.5 Å². The van der Waals surface area contributed by atoms with Crippen molar-refractivity contribution in [1.82, 2.24) is 34.0 Å². The van der Waals surface area contributed by atoms with Gasteiger partial charge in [0.05, 0.1) is 23.8 Å². The SMILES string of the molecule is Cn1cc(-c2ccc(CNc3cc(-c4cnc5cc(OCCN6CCC6)ccn45)ncn3)cc2)cn1. The molecule has 9 nitrogen and oxygen atoms in total. The third-order valence-electron chi connectivity index (χ3n) is 6.50. The third kappa shape index (κ3) is 4.78. The van der Waals surface area contributed by atoms with Gasteiger partial charge in [-0.15, -0.1) is 0 Å². The number of benzene rings is 1. The van der Waals surface area contributed by atoms with E-state index in [9.17, 15) is 0 Å². The molecule has 5 heterocycles. The topological polar surface area (TPSA) is 85.4 Å². The van der Waals surface area contributed by atoms with Crippen molar-refractivity contribution in [2.45, 2.75) is 13.0 Å². The predicted octanol–water partition coefficient (Wildman–Crippen LogP) is 3.89. The molecular weight excluding hydrogens is 452 g/mol. The van der Waals surface area contributed by atoms with Crippen molar-refractivity contribution < 1.29 is 4.74 Å². The van der Waals surface area contributed by atoms with Gasteiger partial charge in [-0.2, -0.15) is 5.10 Å². The summed E-state index contributed by atoms with van der Waals surface area (Å²) in [6.45, 7) is 4.68. The molecule has 0 radical (unpaired) electrons. The van der Waals surface area contributed by atoms with Crippen molar-refractivity contribution in [3.8, 4) is 28.3 Å². The van der Waals surface area contributed by atoms with Crippen LogP contribution in [-0.2, 0) is 13.6 Å². The van der Waals surface area contributed by atoms with E-state index in [1.165, 1.54) is 25.1 Å². The van der Waals surface area contributed by atoms with E-state index in [1.54, 1.807) is 6.33 Å². The first-order valence-corrected chi connectivity index (χ1v) is 12.2. The van der Waals surface area contributed by atoms with E-state index in [1.807, 2.05) is 59.1 Å². The molecule has 5 aromatic rings. The summed E-state index contributed by atoms with van der Waals surface area (Å²) in [6, 6.07) is 14.3. The molecule has 0 aliphatic carbocycles. The van der Waals surface area contributed by atoms with Crippen LogP contribution in [0.1, 0.15) is 12.0 Å². The maximum absolute atomic E-state index is 5.93. The van der Waals surface area contributed by atoms with Crippen LogP contribution in [-0.4, -0.2) is 60.3 Å². The van der Waals surface area contributed by atoms with E-state index in [0.29, 0.717) is 13.2 Å². The fraction of sp³-hybridized carbons (Fsp3) is 0.259. The second kappa shape index (κ2) is 9.79. The first-order chi connectivity index (χ1) is 17.7. The summed E-state index contributed by atoms with van der Waals surface area (Å²) in [5.74, 6) is 1.59. The van der Waals surface area contributed by atoms with Crippen LogP contribution in [0.5, 0.6) is 5.75 Å². The van der Waals surface area contributed by atoms with Crippen LogP contribution in [0.15, 0.2) is 73.6 Å². The van der Waals surface area contributed by atoms with Crippen molar-refractivity contribution in [2.24, 2.45) is 7.05 Å². The summed E-state index contributed by atoms with van der Waals surface area (Å²) in [4.78, 5) is 15.8. The molecule has 1 saturated heterocycles. The number of fused-ring (bicyclic) bond motifs is 1. The molecule has 0 spiro atoms. The highest BCUT2D eigenvalue weighted by Crippen LogP contribution is 2.24. The molecule has 6 rings (SSSR count). The fourth-order valence-corrected chi connectivity index (χ4v) is 4.31. The van der Waals surface area contributed by atoms with Gasteiger partial charge < -0.3 is 10.1 Å². The van der Waals surface area contributed by atoms with E-state index in [-0.39, 0.29) is 0 Å². The largest absolute Gasteiger partial charge is 0.492 e. The average Bonchev–Trinajstić information content (AvgIpc) is 3.51. The maximum Gasteiger partial charge on any atom is 0.140 e. The first-order valence-electron chi connectivity index (χ1n) is 12.2. The number of nitrogens with one attached hydrogen (secondary N) is 1. The molecule has 0 atom stereocenters. The number of hydrogen-bond donors (Lipinski definition) is 1. The van der Waals surface area contributed by atoms with Gasteiger partial charge in [-0.3, -0.25) is 14.0 Å². The number of nitrogens with zero attached hydrogens (tertiary/aromatic N) is 7. The Morgan fingerprint density at radius 3 is 2.64 bits per heavy atom. The van der Waals surface area contributed by atoms with Gasteiger partial charge in [0.1, 0.15) is 30.1 Å². The van der Waals surface area contributed by atoms with E-state index < -0.39 is 0 Å². The number of aromatic nitrogens is 6. The summed E-state index contributed by atoms with van der Waals surface area (Å²) in [5, 5.41) is 7.65. The first kappa shape index (κ1) is 22.2. The highest BCUT2D eigenvalue weighted by molar-refractivity contribution is 5.64. The van der Waals surface area contributed by atoms with Gasteiger partial charge in [0.15, 0.2) is 0 Å². The average molecular weight is 481 g/mol. The van der Waals surface area contributed by atoms with Crippen molar-refractivity contribution in [3.05, 3.63) is 79.1 Å². The van der Waals surface area contributed by atoms with E-state index in [4.69, 9.17) is 4.74 Å². The lowest BCUT2D eigenvalue weighted by Crippen LogP contribution is -2.39. The van der Waals surface area contributed by atoms with Crippen LogP contribution >= 0.6 is 0 Å². The lowest BCUT2D eigenvalue weighted by molar-refractivity contribution is 0.147. The number of pyridine rings is 1. The van der Waals surface area contributed by atoms with E-state index in [0.717, 1.165) is 46.3 Å². The number of hydrogen-bond acceptors (Lipinski definition) is 7. The Hall–Kier alpha value is -4.24. The Labute approximate surface area is 209 Å². The summed E-state index contributed by atoms with van der Waals surface area (Å²) in [7, 11) is 1.92. The molecule has 182 valence electrons. The number of aryl methyl sites for hydroxylation is 1. The Morgan fingerprint density at radius 1 is 0.972 bits per heavy atom. The van der Waals surface area contributed by atoms with Gasteiger partial charge in [-0.05, 0) is 36.7 Å². The molecule has 0 unspecified atom stereocenters. The number of rotatable bonds is 9. The van der Waals surface area contributed by atoms with Gasteiger partial charge in [0.25, 0.3) is 0 Å². The Morgan fingerprint density at radius 2 is 1.86 bits per heavy atom. The van der Waals surface area contributed by atoms with Crippen molar-refractivity contribution in [2.75, 3.05) is 31.6 Å². The number of imidazole rings is 1. The third-order valence-corrected chi connectivity index (χ3v) is 6.50. The van der Waals surface area contributed by atoms with E-state index >= 15 is 0 Å². The second-order valence-corrected chi connectivity index (χ2v) is 9.02. The molecule has 36 heavy (non-hydrogen) atoms. The molecule has 1 N–H and O–H groups in total. The summed E-state index contributed by atoms with van der Waals surface area (Å²) >= 11 is 0. The molecule has 1 aliphatic heterocycles. The minimum Gasteiger partial charge on any atom is -0.492 e. The molecule has 1 fully saturated rings.